The number of benzene rings is 7. The molecule has 0 spiro atoms. The lowest BCUT2D eigenvalue weighted by Gasteiger charge is -2.22. The van der Waals surface area contributed by atoms with E-state index < -0.39 is 14.1 Å². The van der Waals surface area contributed by atoms with Crippen LogP contribution in [0.15, 0.2) is 182 Å². The third-order valence-electron chi connectivity index (χ3n) is 8.84. The van der Waals surface area contributed by atoms with Gasteiger partial charge in [-0.1, -0.05) is 152 Å². The fraction of sp³-hybridized carbons (Fsp3) is 0.0227. The maximum atomic E-state index is 6.98. The highest BCUT2D eigenvalue weighted by molar-refractivity contribution is 7.79. The largest absolute Gasteiger partial charge is 0.350 e. The Morgan fingerprint density at radius 3 is 1.65 bits per heavy atom. The van der Waals surface area contributed by atoms with Crippen molar-refractivity contribution in [2.24, 2.45) is 5.73 Å². The summed E-state index contributed by atoms with van der Waals surface area (Å²) < 4.78 is 0. The van der Waals surface area contributed by atoms with Crippen LogP contribution < -0.4 is 27.0 Å². The van der Waals surface area contributed by atoms with Gasteiger partial charge in [0, 0.05) is 17.3 Å². The first kappa shape index (κ1) is 29.8. The molecule has 0 aliphatic heterocycles. The Morgan fingerprint density at radius 2 is 1.00 bits per heavy atom. The highest BCUT2D eigenvalue weighted by Crippen LogP contribution is 2.36. The zero-order valence-corrected chi connectivity index (χ0v) is 27.3. The number of nitrogens with zero attached hydrogens (tertiary/aromatic N) is 1. The lowest BCUT2D eigenvalue weighted by molar-refractivity contribution is 0.830. The molecule has 48 heavy (non-hydrogen) atoms. The summed E-state index contributed by atoms with van der Waals surface area (Å²) in [5.41, 5.74) is 12.3. The van der Waals surface area contributed by atoms with Gasteiger partial charge in [-0.2, -0.15) is 0 Å². The molecule has 4 heteroatoms. The van der Waals surface area contributed by atoms with Gasteiger partial charge in [-0.05, 0) is 86.3 Å². The van der Waals surface area contributed by atoms with Crippen LogP contribution in [0.2, 0.25) is 0 Å². The van der Waals surface area contributed by atoms with Crippen molar-refractivity contribution in [3.63, 3.8) is 0 Å². The molecule has 1 unspecified atom stereocenters. The fourth-order valence-electron chi connectivity index (χ4n) is 6.37. The topological polar surface area (TPSA) is 50.9 Å². The molecule has 0 aliphatic carbocycles. The number of nitrogens with one attached hydrogen (secondary N) is 1. The van der Waals surface area contributed by atoms with Crippen molar-refractivity contribution in [3.05, 3.63) is 188 Å². The molecule has 0 saturated heterocycles. The quantitative estimate of drug-likeness (QED) is 0.129. The first-order valence-electron chi connectivity index (χ1n) is 16.2. The Bertz CT molecular complexity index is 2320. The van der Waals surface area contributed by atoms with Crippen LogP contribution in [-0.4, -0.2) is 4.98 Å². The van der Waals surface area contributed by atoms with Gasteiger partial charge in [0.25, 0.3) is 0 Å². The number of aromatic nitrogens is 1. The third-order valence-corrected chi connectivity index (χ3v) is 11.3. The molecule has 3 nitrogen and oxygen atoms in total. The molecule has 0 radical (unpaired) electrons. The molecule has 0 saturated carbocycles. The van der Waals surface area contributed by atoms with Crippen LogP contribution in [0.3, 0.4) is 0 Å². The highest BCUT2D eigenvalue weighted by atomic mass is 31.1. The van der Waals surface area contributed by atoms with Gasteiger partial charge in [0.2, 0.25) is 0 Å². The van der Waals surface area contributed by atoms with Crippen LogP contribution in [0.5, 0.6) is 0 Å². The van der Waals surface area contributed by atoms with Gasteiger partial charge in [0.15, 0.2) is 0 Å². The summed E-state index contributed by atoms with van der Waals surface area (Å²) in [6, 6.07) is 62.5. The van der Waals surface area contributed by atoms with Crippen molar-refractivity contribution in [3.8, 4) is 22.3 Å². The van der Waals surface area contributed by atoms with Crippen LogP contribution in [0.1, 0.15) is 11.7 Å². The minimum Gasteiger partial charge on any atom is -0.350 e. The zero-order chi connectivity index (χ0) is 32.3. The van der Waals surface area contributed by atoms with E-state index in [4.69, 9.17) is 10.7 Å². The molecule has 8 rings (SSSR count). The Hall–Kier alpha value is -5.60. The molecular weight excluding hydrogens is 601 g/mol. The number of fused-ring (bicyclic) bond motifs is 2. The summed E-state index contributed by atoms with van der Waals surface area (Å²) in [5.74, 6) is 0.751. The lowest BCUT2D eigenvalue weighted by Crippen LogP contribution is -2.24. The summed E-state index contributed by atoms with van der Waals surface area (Å²) in [5, 5.41) is 12.3. The van der Waals surface area contributed by atoms with E-state index in [2.05, 4.69) is 181 Å². The molecule has 3 N–H and O–H groups in total. The number of pyridine rings is 1. The van der Waals surface area contributed by atoms with E-state index in [1.54, 1.807) is 0 Å². The Morgan fingerprint density at radius 1 is 0.458 bits per heavy atom. The molecule has 0 bridgehead atoms. The van der Waals surface area contributed by atoms with E-state index in [0.717, 1.165) is 33.6 Å². The van der Waals surface area contributed by atoms with Gasteiger partial charge >= 0.3 is 0 Å². The van der Waals surface area contributed by atoms with E-state index in [-0.39, 0.29) is 0 Å². The van der Waals surface area contributed by atoms with Crippen molar-refractivity contribution >= 4 is 51.2 Å². The summed E-state index contributed by atoms with van der Waals surface area (Å²) in [4.78, 5) is 5.02. The second-order valence-corrected chi connectivity index (χ2v) is 14.2. The summed E-state index contributed by atoms with van der Waals surface area (Å²) in [6.07, 6.45) is 1.48. The van der Waals surface area contributed by atoms with Crippen LogP contribution >= 0.6 is 7.92 Å². The van der Waals surface area contributed by atoms with Gasteiger partial charge in [-0.25, -0.2) is 4.98 Å². The molecule has 8 aromatic rings. The predicted octanol–water partition coefficient (Wildman–Crippen LogP) is 9.55. The number of hydrogen-bond donors (Lipinski definition) is 2. The number of rotatable bonds is 8. The second-order valence-electron chi connectivity index (χ2n) is 12.0. The van der Waals surface area contributed by atoms with Gasteiger partial charge in [0.05, 0.1) is 0 Å². The average molecular weight is 636 g/mol. The van der Waals surface area contributed by atoms with Crippen LogP contribution in [0, 0.1) is 0 Å². The van der Waals surface area contributed by atoms with Crippen LogP contribution in [-0.2, 0) is 0 Å². The molecule has 1 aromatic heterocycles. The maximum absolute atomic E-state index is 6.98. The van der Waals surface area contributed by atoms with E-state index in [1.165, 1.54) is 37.5 Å². The second kappa shape index (κ2) is 13.3. The average Bonchev–Trinajstić information content (AvgIpc) is 3.16. The van der Waals surface area contributed by atoms with Crippen molar-refractivity contribution < 1.29 is 0 Å². The Kier molecular flexibility index (Phi) is 8.22. The van der Waals surface area contributed by atoms with Crippen molar-refractivity contribution in [1.29, 1.82) is 0 Å². The van der Waals surface area contributed by atoms with E-state index in [9.17, 15) is 0 Å². The first-order chi connectivity index (χ1) is 23.7. The minimum absolute atomic E-state index is 0.466. The van der Waals surface area contributed by atoms with E-state index in [1.807, 2.05) is 6.20 Å². The fourth-order valence-corrected chi connectivity index (χ4v) is 8.72. The number of hydrogen-bond acceptors (Lipinski definition) is 3. The molecular formula is C44H34N3P. The normalized spacial score (nSPS) is 12.0. The van der Waals surface area contributed by atoms with Gasteiger partial charge in [-0.15, -0.1) is 0 Å². The van der Waals surface area contributed by atoms with Crippen molar-refractivity contribution in [1.82, 2.24) is 4.98 Å². The highest BCUT2D eigenvalue weighted by Gasteiger charge is 2.19. The maximum Gasteiger partial charge on any atom is 0.135 e. The SMILES string of the molecule is NC(Nc1ncc(-c2ccc3ccccc3c2)cc1-c1ccc2ccccc2c1)c1cccc(P(c2ccccc2)c2ccccc2)c1. The molecule has 230 valence electrons. The smallest absolute Gasteiger partial charge is 0.135 e. The Balaban J connectivity index is 1.18. The summed E-state index contributed by atoms with van der Waals surface area (Å²) >= 11 is 0. The summed E-state index contributed by atoms with van der Waals surface area (Å²) in [6.45, 7) is 0. The third kappa shape index (κ3) is 6.10. The molecule has 1 heterocycles. The zero-order valence-electron chi connectivity index (χ0n) is 26.4. The molecule has 1 atom stereocenters. The van der Waals surface area contributed by atoms with E-state index >= 15 is 0 Å². The van der Waals surface area contributed by atoms with Gasteiger partial charge < -0.3 is 11.1 Å². The number of nitrogens with two attached hydrogens (primary N) is 1. The monoisotopic (exact) mass is 635 g/mol. The van der Waals surface area contributed by atoms with Crippen molar-refractivity contribution in [2.75, 3.05) is 5.32 Å². The summed E-state index contributed by atoms with van der Waals surface area (Å²) in [7, 11) is -0.748. The predicted molar refractivity (Wildman–Crippen MR) is 206 cm³/mol. The van der Waals surface area contributed by atoms with Crippen LogP contribution in [0.25, 0.3) is 43.8 Å². The molecule has 7 aromatic carbocycles. The first-order valence-corrected chi connectivity index (χ1v) is 17.5. The molecule has 0 amide bonds. The van der Waals surface area contributed by atoms with Crippen LogP contribution in [0.4, 0.5) is 5.82 Å². The van der Waals surface area contributed by atoms with Gasteiger partial charge in [-0.3, -0.25) is 0 Å². The molecule has 0 fully saturated rings. The van der Waals surface area contributed by atoms with E-state index in [0.29, 0.717) is 0 Å². The minimum atomic E-state index is -0.748. The molecule has 0 aliphatic rings. The van der Waals surface area contributed by atoms with Crippen molar-refractivity contribution in [2.45, 2.75) is 6.17 Å². The Labute approximate surface area is 282 Å². The number of anilines is 1. The van der Waals surface area contributed by atoms with Gasteiger partial charge in [0.1, 0.15) is 12.0 Å². The standard InChI is InChI=1S/C44H34N3P/c45-43(37-16-11-21-41(28-37)48(39-17-3-1-4-18-39)40-19-5-2-6-20-40)47-44-42(36-25-23-32-13-8-10-15-34(32)27-36)29-38(30-46-44)35-24-22-31-12-7-9-14-33(31)26-35/h1-30,43H,45H2,(H,46,47). The lowest BCUT2D eigenvalue weighted by atomic mass is 9.97.